The lowest BCUT2D eigenvalue weighted by molar-refractivity contribution is 0.282. The number of benzene rings is 2. The smallest absolute Gasteiger partial charge is 0.240 e. The molecule has 0 heterocycles. The summed E-state index contributed by atoms with van der Waals surface area (Å²) < 4.78 is 22.5. The second-order valence-corrected chi connectivity index (χ2v) is 6.16. The Morgan fingerprint density at radius 1 is 1.05 bits per heavy atom. The molecule has 0 saturated carbocycles. The van der Waals surface area contributed by atoms with E-state index in [9.17, 15) is 8.42 Å². The third-order valence-corrected chi connectivity index (χ3v) is 4.00. The van der Waals surface area contributed by atoms with E-state index in [1.54, 1.807) is 6.07 Å². The van der Waals surface area contributed by atoms with Crippen LogP contribution in [0.5, 0.6) is 0 Å². The summed E-state index contributed by atoms with van der Waals surface area (Å²) >= 11 is 0. The molecule has 2 rings (SSSR count). The fourth-order valence-corrected chi connectivity index (χ4v) is 2.53. The van der Waals surface area contributed by atoms with Crippen LogP contribution in [0.15, 0.2) is 47.4 Å². The van der Waals surface area contributed by atoms with Crippen LogP contribution >= 0.6 is 0 Å². The molecule has 0 aromatic heterocycles. The van der Waals surface area contributed by atoms with Crippen molar-refractivity contribution in [2.45, 2.75) is 18.0 Å². The Labute approximate surface area is 123 Å². The standard InChI is InChI=1S/C14H17N3O3S/c15-13-7-12(5-6-14(13)21(16,19)20)17-8-10-1-3-11(9-18)4-2-10/h1-7,17-18H,8-9,15H2,(H2,16,19,20). The van der Waals surface area contributed by atoms with Gasteiger partial charge in [-0.3, -0.25) is 0 Å². The van der Waals surface area contributed by atoms with E-state index in [-0.39, 0.29) is 17.2 Å². The quantitative estimate of drug-likeness (QED) is 0.615. The molecule has 0 amide bonds. The highest BCUT2D eigenvalue weighted by molar-refractivity contribution is 7.89. The summed E-state index contributed by atoms with van der Waals surface area (Å²) in [7, 11) is -3.80. The van der Waals surface area contributed by atoms with Gasteiger partial charge in [0.25, 0.3) is 0 Å². The molecule has 7 heteroatoms. The molecule has 0 spiro atoms. The SMILES string of the molecule is Nc1cc(NCc2ccc(CO)cc2)ccc1S(N)(=O)=O. The van der Waals surface area contributed by atoms with Crippen LogP contribution in [-0.4, -0.2) is 13.5 Å². The number of nitrogens with one attached hydrogen (secondary N) is 1. The summed E-state index contributed by atoms with van der Waals surface area (Å²) in [6.45, 7) is 0.569. The first-order valence-electron chi connectivity index (χ1n) is 6.25. The predicted octanol–water partition coefficient (Wildman–Crippen LogP) is 1.02. The second-order valence-electron chi connectivity index (χ2n) is 4.63. The van der Waals surface area contributed by atoms with Gasteiger partial charge in [-0.05, 0) is 29.3 Å². The fourth-order valence-electron chi connectivity index (χ4n) is 1.88. The Bertz CT molecular complexity index is 728. The van der Waals surface area contributed by atoms with Crippen LogP contribution in [0.4, 0.5) is 11.4 Å². The third-order valence-electron chi connectivity index (χ3n) is 3.02. The molecule has 6 nitrogen and oxygen atoms in total. The Balaban J connectivity index is 2.08. The maximum Gasteiger partial charge on any atom is 0.240 e. The molecule has 21 heavy (non-hydrogen) atoms. The monoisotopic (exact) mass is 307 g/mol. The lowest BCUT2D eigenvalue weighted by Gasteiger charge is -2.10. The molecule has 0 radical (unpaired) electrons. The van der Waals surface area contributed by atoms with Gasteiger partial charge in [-0.2, -0.15) is 0 Å². The summed E-state index contributed by atoms with van der Waals surface area (Å²) in [6, 6.07) is 12.0. The number of anilines is 2. The van der Waals surface area contributed by atoms with Gasteiger partial charge in [0.2, 0.25) is 10.0 Å². The van der Waals surface area contributed by atoms with Gasteiger partial charge in [0.1, 0.15) is 4.90 Å². The molecule has 0 unspecified atom stereocenters. The molecular weight excluding hydrogens is 290 g/mol. The molecule has 6 N–H and O–H groups in total. The molecule has 0 aliphatic heterocycles. The minimum Gasteiger partial charge on any atom is -0.398 e. The molecule has 112 valence electrons. The van der Waals surface area contributed by atoms with Gasteiger partial charge < -0.3 is 16.2 Å². The highest BCUT2D eigenvalue weighted by Gasteiger charge is 2.12. The molecular formula is C14H17N3O3S. The first-order valence-corrected chi connectivity index (χ1v) is 7.79. The van der Waals surface area contributed by atoms with Crippen LogP contribution in [0.25, 0.3) is 0 Å². The number of aliphatic hydroxyl groups excluding tert-OH is 1. The largest absolute Gasteiger partial charge is 0.398 e. The van der Waals surface area contributed by atoms with Gasteiger partial charge in [-0.15, -0.1) is 0 Å². The molecule has 2 aromatic rings. The number of aliphatic hydroxyl groups is 1. The molecule has 0 fully saturated rings. The van der Waals surface area contributed by atoms with Gasteiger partial charge in [-0.25, -0.2) is 13.6 Å². The zero-order valence-corrected chi connectivity index (χ0v) is 12.1. The lowest BCUT2D eigenvalue weighted by atomic mass is 10.1. The molecule has 0 atom stereocenters. The average molecular weight is 307 g/mol. The van der Waals surface area contributed by atoms with E-state index in [1.807, 2.05) is 24.3 Å². The normalized spacial score (nSPS) is 11.3. The minimum absolute atomic E-state index is 0.0132. The average Bonchev–Trinajstić information content (AvgIpc) is 2.44. The van der Waals surface area contributed by atoms with Crippen molar-refractivity contribution < 1.29 is 13.5 Å². The first kappa shape index (κ1) is 15.3. The number of nitrogen functional groups attached to an aromatic ring is 1. The number of nitrogens with two attached hydrogens (primary N) is 2. The van der Waals surface area contributed by atoms with Crippen molar-refractivity contribution in [3.8, 4) is 0 Å². The highest BCUT2D eigenvalue weighted by atomic mass is 32.2. The van der Waals surface area contributed by atoms with Crippen molar-refractivity contribution in [3.05, 3.63) is 53.6 Å². The fraction of sp³-hybridized carbons (Fsp3) is 0.143. The van der Waals surface area contributed by atoms with Gasteiger partial charge in [0.15, 0.2) is 0 Å². The second kappa shape index (κ2) is 6.13. The maximum atomic E-state index is 11.3. The van der Waals surface area contributed by atoms with Crippen LogP contribution in [-0.2, 0) is 23.2 Å². The van der Waals surface area contributed by atoms with Crippen molar-refractivity contribution in [2.75, 3.05) is 11.1 Å². The Kier molecular flexibility index (Phi) is 4.46. The zero-order chi connectivity index (χ0) is 15.5. The van der Waals surface area contributed by atoms with Crippen molar-refractivity contribution in [2.24, 2.45) is 5.14 Å². The molecule has 2 aromatic carbocycles. The lowest BCUT2D eigenvalue weighted by Crippen LogP contribution is -2.14. The van der Waals surface area contributed by atoms with Crippen LogP contribution in [0.3, 0.4) is 0 Å². The van der Waals surface area contributed by atoms with Gasteiger partial charge in [0.05, 0.1) is 12.3 Å². The number of sulfonamides is 1. The van der Waals surface area contributed by atoms with Crippen LogP contribution in [0.1, 0.15) is 11.1 Å². The van der Waals surface area contributed by atoms with E-state index >= 15 is 0 Å². The zero-order valence-electron chi connectivity index (χ0n) is 11.3. The summed E-state index contributed by atoms with van der Waals surface area (Å²) in [5.41, 5.74) is 8.37. The number of primary sulfonamides is 1. The Morgan fingerprint density at radius 2 is 1.67 bits per heavy atom. The number of rotatable bonds is 5. The van der Waals surface area contributed by atoms with Crippen molar-refractivity contribution in [1.82, 2.24) is 0 Å². The predicted molar refractivity (Wildman–Crippen MR) is 81.9 cm³/mol. The topological polar surface area (TPSA) is 118 Å². The van der Waals surface area contributed by atoms with Crippen molar-refractivity contribution in [3.63, 3.8) is 0 Å². The van der Waals surface area contributed by atoms with E-state index in [4.69, 9.17) is 16.0 Å². The maximum absolute atomic E-state index is 11.3. The third kappa shape index (κ3) is 3.94. The summed E-state index contributed by atoms with van der Waals surface area (Å²) in [4.78, 5) is -0.0830. The summed E-state index contributed by atoms with van der Waals surface area (Å²) in [6.07, 6.45) is 0. The Hall–Kier alpha value is -2.09. The molecule has 0 aliphatic rings. The molecule has 0 bridgehead atoms. The summed E-state index contributed by atoms with van der Waals surface area (Å²) in [5, 5.41) is 17.2. The van der Waals surface area contributed by atoms with Gasteiger partial charge in [-0.1, -0.05) is 24.3 Å². The van der Waals surface area contributed by atoms with Crippen molar-refractivity contribution >= 4 is 21.4 Å². The van der Waals surface area contributed by atoms with Gasteiger partial charge >= 0.3 is 0 Å². The summed E-state index contributed by atoms with van der Waals surface area (Å²) in [5.74, 6) is 0. The van der Waals surface area contributed by atoms with E-state index < -0.39 is 10.0 Å². The minimum atomic E-state index is -3.80. The van der Waals surface area contributed by atoms with E-state index in [0.717, 1.165) is 11.1 Å². The van der Waals surface area contributed by atoms with Gasteiger partial charge in [0, 0.05) is 12.2 Å². The van der Waals surface area contributed by atoms with E-state index in [1.165, 1.54) is 12.1 Å². The Morgan fingerprint density at radius 3 is 2.19 bits per heavy atom. The highest BCUT2D eigenvalue weighted by Crippen LogP contribution is 2.21. The van der Waals surface area contributed by atoms with E-state index in [2.05, 4.69) is 5.32 Å². The molecule has 0 saturated heterocycles. The van der Waals surface area contributed by atoms with Crippen LogP contribution in [0, 0.1) is 0 Å². The number of hydrogen-bond donors (Lipinski definition) is 4. The van der Waals surface area contributed by atoms with Crippen LogP contribution < -0.4 is 16.2 Å². The van der Waals surface area contributed by atoms with Crippen LogP contribution in [0.2, 0.25) is 0 Å². The number of hydrogen-bond acceptors (Lipinski definition) is 5. The van der Waals surface area contributed by atoms with Crippen molar-refractivity contribution in [1.29, 1.82) is 0 Å². The van der Waals surface area contributed by atoms with E-state index in [0.29, 0.717) is 12.2 Å². The first-order chi connectivity index (χ1) is 9.90. The molecule has 0 aliphatic carbocycles.